The van der Waals surface area contributed by atoms with Gasteiger partial charge in [-0.05, 0) is 49.8 Å². The topological polar surface area (TPSA) is 37.3 Å². The summed E-state index contributed by atoms with van der Waals surface area (Å²) in [6, 6.07) is 8.23. The molecule has 2 nitrogen and oxygen atoms in total. The Morgan fingerprint density at radius 3 is 2.44 bits per heavy atom. The van der Waals surface area contributed by atoms with Crippen molar-refractivity contribution in [3.63, 3.8) is 0 Å². The molecular weight excluding hydrogens is 268 g/mol. The Bertz CT molecular complexity index is 379. The molecule has 1 fully saturated rings. The molecule has 1 aromatic rings. The Morgan fingerprint density at radius 1 is 1.31 bits per heavy atom. The van der Waals surface area contributed by atoms with E-state index in [2.05, 4.69) is 28.1 Å². The highest BCUT2D eigenvalue weighted by molar-refractivity contribution is 9.10. The van der Waals surface area contributed by atoms with Crippen LogP contribution in [0, 0.1) is 5.41 Å². The number of aliphatic carboxylic acids is 1. The molecule has 0 aromatic heterocycles. The minimum atomic E-state index is -0.608. The van der Waals surface area contributed by atoms with Gasteiger partial charge in [0.1, 0.15) is 0 Å². The maximum atomic E-state index is 11.0. The second kappa shape index (κ2) is 4.58. The minimum Gasteiger partial charge on any atom is -0.481 e. The van der Waals surface area contributed by atoms with Crippen LogP contribution in [0.5, 0.6) is 0 Å². The average molecular weight is 283 g/mol. The van der Waals surface area contributed by atoms with Crippen LogP contribution >= 0.6 is 15.9 Å². The first kappa shape index (κ1) is 11.6. The number of benzene rings is 1. The van der Waals surface area contributed by atoms with Crippen molar-refractivity contribution in [2.45, 2.75) is 32.1 Å². The van der Waals surface area contributed by atoms with Crippen LogP contribution in [-0.4, -0.2) is 11.1 Å². The van der Waals surface area contributed by atoms with E-state index in [1.165, 1.54) is 5.56 Å². The summed E-state index contributed by atoms with van der Waals surface area (Å²) >= 11 is 3.40. The second-order valence-electron chi connectivity index (χ2n) is 4.57. The molecule has 86 valence electrons. The SMILES string of the molecule is O=C(O)C1(CCCc2ccc(Br)cc2)CC1. The van der Waals surface area contributed by atoms with Crippen LogP contribution in [0.25, 0.3) is 0 Å². The van der Waals surface area contributed by atoms with Crippen molar-refractivity contribution in [1.29, 1.82) is 0 Å². The fourth-order valence-electron chi connectivity index (χ4n) is 2.00. The molecule has 0 aliphatic heterocycles. The molecule has 1 saturated carbocycles. The third-order valence-electron chi connectivity index (χ3n) is 3.34. The predicted molar refractivity (Wildman–Crippen MR) is 66.4 cm³/mol. The summed E-state index contributed by atoms with van der Waals surface area (Å²) in [5.41, 5.74) is 0.916. The Labute approximate surface area is 104 Å². The van der Waals surface area contributed by atoms with E-state index in [-0.39, 0.29) is 5.41 Å². The van der Waals surface area contributed by atoms with Crippen molar-refractivity contribution >= 4 is 21.9 Å². The van der Waals surface area contributed by atoms with Gasteiger partial charge in [0.15, 0.2) is 0 Å². The quantitative estimate of drug-likeness (QED) is 0.895. The molecular formula is C13H15BrO2. The van der Waals surface area contributed by atoms with Crippen molar-refractivity contribution < 1.29 is 9.90 Å². The minimum absolute atomic E-state index is 0.366. The third-order valence-corrected chi connectivity index (χ3v) is 3.87. The molecule has 1 aliphatic rings. The Morgan fingerprint density at radius 2 is 1.94 bits per heavy atom. The first-order chi connectivity index (χ1) is 7.62. The number of carbonyl (C=O) groups is 1. The molecule has 0 unspecified atom stereocenters. The number of hydrogen-bond donors (Lipinski definition) is 1. The monoisotopic (exact) mass is 282 g/mol. The van der Waals surface area contributed by atoms with Crippen molar-refractivity contribution in [3.8, 4) is 0 Å². The van der Waals surface area contributed by atoms with Gasteiger partial charge in [0.2, 0.25) is 0 Å². The van der Waals surface area contributed by atoms with E-state index in [0.717, 1.165) is 36.6 Å². The van der Waals surface area contributed by atoms with E-state index in [0.29, 0.717) is 0 Å². The molecule has 2 rings (SSSR count). The van der Waals surface area contributed by atoms with E-state index in [1.54, 1.807) is 0 Å². The van der Waals surface area contributed by atoms with Crippen molar-refractivity contribution in [2.24, 2.45) is 5.41 Å². The van der Waals surface area contributed by atoms with E-state index in [9.17, 15) is 4.79 Å². The molecule has 1 N–H and O–H groups in total. The number of halogens is 1. The van der Waals surface area contributed by atoms with Crippen LogP contribution in [0.3, 0.4) is 0 Å². The van der Waals surface area contributed by atoms with Gasteiger partial charge in [-0.15, -0.1) is 0 Å². The first-order valence-corrected chi connectivity index (χ1v) is 6.40. The van der Waals surface area contributed by atoms with Gasteiger partial charge in [-0.25, -0.2) is 0 Å². The van der Waals surface area contributed by atoms with E-state index in [1.807, 2.05) is 12.1 Å². The maximum Gasteiger partial charge on any atom is 0.309 e. The highest BCUT2D eigenvalue weighted by atomic mass is 79.9. The largest absolute Gasteiger partial charge is 0.481 e. The molecule has 16 heavy (non-hydrogen) atoms. The lowest BCUT2D eigenvalue weighted by molar-refractivity contribution is -0.143. The van der Waals surface area contributed by atoms with E-state index >= 15 is 0 Å². The van der Waals surface area contributed by atoms with Crippen LogP contribution in [0.4, 0.5) is 0 Å². The Balaban J connectivity index is 1.80. The van der Waals surface area contributed by atoms with Crippen molar-refractivity contribution in [2.75, 3.05) is 0 Å². The molecule has 3 heteroatoms. The zero-order chi connectivity index (χ0) is 11.6. The second-order valence-corrected chi connectivity index (χ2v) is 5.48. The highest BCUT2D eigenvalue weighted by Crippen LogP contribution is 2.49. The number of hydrogen-bond acceptors (Lipinski definition) is 1. The van der Waals surface area contributed by atoms with Gasteiger partial charge in [0, 0.05) is 4.47 Å². The fraction of sp³-hybridized carbons (Fsp3) is 0.462. The summed E-state index contributed by atoms with van der Waals surface area (Å²) in [6.07, 6.45) is 4.49. The van der Waals surface area contributed by atoms with Gasteiger partial charge in [-0.3, -0.25) is 4.79 Å². The van der Waals surface area contributed by atoms with Gasteiger partial charge in [0.25, 0.3) is 0 Å². The molecule has 0 heterocycles. The molecule has 0 saturated heterocycles. The molecule has 0 bridgehead atoms. The summed E-state index contributed by atoms with van der Waals surface area (Å²) in [6.45, 7) is 0. The summed E-state index contributed by atoms with van der Waals surface area (Å²) in [4.78, 5) is 11.0. The Hall–Kier alpha value is -0.830. The van der Waals surface area contributed by atoms with Gasteiger partial charge >= 0.3 is 5.97 Å². The standard InChI is InChI=1S/C13H15BrO2/c14-11-5-3-10(4-6-11)2-1-7-13(8-9-13)12(15)16/h3-6H,1-2,7-9H2,(H,15,16). The average Bonchev–Trinajstić information content (AvgIpc) is 3.02. The molecule has 0 radical (unpaired) electrons. The summed E-state index contributed by atoms with van der Waals surface area (Å²) in [5.74, 6) is -0.608. The predicted octanol–water partition coefficient (Wildman–Crippen LogP) is 3.64. The molecule has 0 spiro atoms. The zero-order valence-corrected chi connectivity index (χ0v) is 10.7. The van der Waals surface area contributed by atoms with Gasteiger partial charge in [-0.1, -0.05) is 28.1 Å². The normalized spacial score (nSPS) is 17.1. The molecule has 1 aliphatic carbocycles. The van der Waals surface area contributed by atoms with Crippen molar-refractivity contribution in [1.82, 2.24) is 0 Å². The number of rotatable bonds is 5. The highest BCUT2D eigenvalue weighted by Gasteiger charge is 2.49. The van der Waals surface area contributed by atoms with Crippen LogP contribution in [0.15, 0.2) is 28.7 Å². The number of carboxylic acid groups (broad SMARTS) is 1. The van der Waals surface area contributed by atoms with Crippen LogP contribution in [-0.2, 0) is 11.2 Å². The van der Waals surface area contributed by atoms with Crippen molar-refractivity contribution in [3.05, 3.63) is 34.3 Å². The van der Waals surface area contributed by atoms with Crippen LogP contribution in [0.2, 0.25) is 0 Å². The Kier molecular flexibility index (Phi) is 3.33. The smallest absolute Gasteiger partial charge is 0.309 e. The van der Waals surface area contributed by atoms with E-state index < -0.39 is 5.97 Å². The summed E-state index contributed by atoms with van der Waals surface area (Å²) in [7, 11) is 0. The first-order valence-electron chi connectivity index (χ1n) is 5.60. The lowest BCUT2D eigenvalue weighted by Crippen LogP contribution is -2.14. The summed E-state index contributed by atoms with van der Waals surface area (Å²) in [5, 5.41) is 9.03. The number of carboxylic acids is 1. The van der Waals surface area contributed by atoms with Gasteiger partial charge in [0.05, 0.1) is 5.41 Å². The lowest BCUT2D eigenvalue weighted by atomic mass is 9.97. The number of aryl methyl sites for hydroxylation is 1. The fourth-order valence-corrected chi connectivity index (χ4v) is 2.27. The van der Waals surface area contributed by atoms with Gasteiger partial charge in [-0.2, -0.15) is 0 Å². The van der Waals surface area contributed by atoms with E-state index in [4.69, 9.17) is 5.11 Å². The molecule has 1 aromatic carbocycles. The van der Waals surface area contributed by atoms with Crippen LogP contribution < -0.4 is 0 Å². The molecule has 0 amide bonds. The lowest BCUT2D eigenvalue weighted by Gasteiger charge is -2.08. The van der Waals surface area contributed by atoms with Gasteiger partial charge < -0.3 is 5.11 Å². The maximum absolute atomic E-state index is 11.0. The summed E-state index contributed by atoms with van der Waals surface area (Å²) < 4.78 is 1.08. The third kappa shape index (κ3) is 2.64. The molecule has 0 atom stereocenters. The zero-order valence-electron chi connectivity index (χ0n) is 9.08. The van der Waals surface area contributed by atoms with Crippen LogP contribution in [0.1, 0.15) is 31.2 Å².